The average Bonchev–Trinajstić information content (AvgIpc) is 3.13. The van der Waals surface area contributed by atoms with Crippen molar-refractivity contribution in [1.29, 1.82) is 0 Å². The smallest absolute Gasteiger partial charge is 0.277 e. The highest BCUT2D eigenvalue weighted by Crippen LogP contribution is 2.15. The summed E-state index contributed by atoms with van der Waals surface area (Å²) in [6, 6.07) is 15.3. The van der Waals surface area contributed by atoms with E-state index in [2.05, 4.69) is 46.6 Å². The summed E-state index contributed by atoms with van der Waals surface area (Å²) in [5.74, 6) is 0.0249. The largest absolute Gasteiger partial charge is 0.346 e. The molecule has 2 aromatic heterocycles. The molecule has 0 radical (unpaired) electrons. The van der Waals surface area contributed by atoms with Gasteiger partial charge in [0.1, 0.15) is 0 Å². The molecule has 0 bridgehead atoms. The number of nitrogens with zero attached hydrogens (tertiary/aromatic N) is 3. The van der Waals surface area contributed by atoms with Crippen molar-refractivity contribution in [2.24, 2.45) is 0 Å². The van der Waals surface area contributed by atoms with Crippen LogP contribution in [0.15, 0.2) is 53.3 Å². The van der Waals surface area contributed by atoms with Gasteiger partial charge in [-0.05, 0) is 29.2 Å². The van der Waals surface area contributed by atoms with Crippen molar-refractivity contribution < 1.29 is 4.79 Å². The average molecular weight is 361 g/mol. The van der Waals surface area contributed by atoms with Crippen molar-refractivity contribution in [3.05, 3.63) is 75.7 Å². The predicted octanol–water partition coefficient (Wildman–Crippen LogP) is 2.62. The van der Waals surface area contributed by atoms with Gasteiger partial charge in [0.15, 0.2) is 11.2 Å². The minimum atomic E-state index is -0.432. The Balaban J connectivity index is 1.61. The summed E-state index contributed by atoms with van der Waals surface area (Å²) in [7, 11) is 0. The van der Waals surface area contributed by atoms with E-state index in [9.17, 15) is 9.59 Å². The van der Waals surface area contributed by atoms with Gasteiger partial charge in [-0.3, -0.25) is 9.59 Å². The van der Waals surface area contributed by atoms with Crippen LogP contribution in [0.2, 0.25) is 0 Å². The van der Waals surface area contributed by atoms with Crippen LogP contribution in [0.1, 0.15) is 41.4 Å². The number of fused-ring (bicyclic) bond motifs is 3. The quantitative estimate of drug-likeness (QED) is 0.584. The van der Waals surface area contributed by atoms with Gasteiger partial charge in [-0.2, -0.15) is 0 Å². The van der Waals surface area contributed by atoms with E-state index in [-0.39, 0.29) is 11.2 Å². The highest BCUT2D eigenvalue weighted by Gasteiger charge is 2.19. The summed E-state index contributed by atoms with van der Waals surface area (Å²) >= 11 is 0. The third-order valence-electron chi connectivity index (χ3n) is 4.58. The van der Waals surface area contributed by atoms with Gasteiger partial charge >= 0.3 is 0 Å². The first kappa shape index (κ1) is 17.0. The topological polar surface area (TPSA) is 92.2 Å². The van der Waals surface area contributed by atoms with Gasteiger partial charge in [0.25, 0.3) is 11.5 Å². The molecule has 0 aliphatic rings. The standard InChI is InChI=1S/C20H19N5O2/c1-12(2)14-9-7-13(8-10-14)11-21-19(26)17-18-20(27)22-15-5-3-4-6-16(15)25(18)24-23-17/h3-10,12H,11H2,1-2H3,(H,21,26)(H,22,27). The zero-order chi connectivity index (χ0) is 19.0. The monoisotopic (exact) mass is 361 g/mol. The first-order valence-corrected chi connectivity index (χ1v) is 8.78. The second-order valence-corrected chi connectivity index (χ2v) is 6.75. The highest BCUT2D eigenvalue weighted by molar-refractivity contribution is 5.99. The number of nitrogens with one attached hydrogen (secondary N) is 2. The van der Waals surface area contributed by atoms with Gasteiger partial charge in [-0.15, -0.1) is 5.10 Å². The summed E-state index contributed by atoms with van der Waals surface area (Å²) in [6.45, 7) is 4.62. The molecule has 4 aromatic rings. The van der Waals surface area contributed by atoms with Gasteiger partial charge in [0, 0.05) is 6.54 Å². The molecular formula is C20H19N5O2. The fraction of sp³-hybridized carbons (Fsp3) is 0.200. The predicted molar refractivity (Wildman–Crippen MR) is 103 cm³/mol. The molecule has 1 amide bonds. The number of H-pyrrole nitrogens is 1. The number of aromatic nitrogens is 4. The number of hydrogen-bond donors (Lipinski definition) is 2. The van der Waals surface area contributed by atoms with Crippen molar-refractivity contribution in [2.75, 3.05) is 0 Å². The number of aromatic amines is 1. The van der Waals surface area contributed by atoms with Crippen molar-refractivity contribution in [2.45, 2.75) is 26.3 Å². The Kier molecular flexibility index (Phi) is 4.19. The van der Waals surface area contributed by atoms with E-state index in [0.29, 0.717) is 23.5 Å². The number of rotatable bonds is 4. The van der Waals surface area contributed by atoms with Crippen LogP contribution in [-0.4, -0.2) is 25.7 Å². The van der Waals surface area contributed by atoms with Crippen molar-refractivity contribution >= 4 is 22.5 Å². The molecule has 136 valence electrons. The Labute approximate surface area is 155 Å². The molecule has 4 rings (SSSR count). The number of benzene rings is 2. The third-order valence-corrected chi connectivity index (χ3v) is 4.58. The number of para-hydroxylation sites is 2. The molecule has 0 unspecified atom stereocenters. The summed E-state index contributed by atoms with van der Waals surface area (Å²) in [5, 5.41) is 10.7. The Morgan fingerprint density at radius 3 is 2.63 bits per heavy atom. The van der Waals surface area contributed by atoms with Gasteiger partial charge < -0.3 is 10.3 Å². The third kappa shape index (κ3) is 3.08. The maximum absolute atomic E-state index is 12.6. The number of hydrogen-bond acceptors (Lipinski definition) is 4. The first-order chi connectivity index (χ1) is 13.0. The van der Waals surface area contributed by atoms with E-state index in [1.807, 2.05) is 30.3 Å². The number of carbonyl (C=O) groups is 1. The van der Waals surface area contributed by atoms with E-state index in [1.54, 1.807) is 6.07 Å². The van der Waals surface area contributed by atoms with Gasteiger partial charge in [0.2, 0.25) is 0 Å². The van der Waals surface area contributed by atoms with E-state index < -0.39 is 11.5 Å². The Morgan fingerprint density at radius 2 is 1.89 bits per heavy atom. The van der Waals surface area contributed by atoms with Crippen LogP contribution in [0, 0.1) is 0 Å². The molecular weight excluding hydrogens is 342 g/mol. The molecule has 0 saturated heterocycles. The fourth-order valence-electron chi connectivity index (χ4n) is 3.04. The summed E-state index contributed by atoms with van der Waals surface area (Å²) in [6.07, 6.45) is 0. The summed E-state index contributed by atoms with van der Waals surface area (Å²) in [5.41, 5.74) is 3.30. The van der Waals surface area contributed by atoms with Crippen LogP contribution in [0.4, 0.5) is 0 Å². The summed E-state index contributed by atoms with van der Waals surface area (Å²) in [4.78, 5) is 27.8. The zero-order valence-corrected chi connectivity index (χ0v) is 15.1. The second-order valence-electron chi connectivity index (χ2n) is 6.75. The second kappa shape index (κ2) is 6.68. The maximum atomic E-state index is 12.6. The molecule has 27 heavy (non-hydrogen) atoms. The van der Waals surface area contributed by atoms with Crippen molar-refractivity contribution in [1.82, 2.24) is 25.1 Å². The molecule has 2 aromatic carbocycles. The van der Waals surface area contributed by atoms with E-state index in [4.69, 9.17) is 0 Å². The lowest BCUT2D eigenvalue weighted by atomic mass is 10.0. The van der Waals surface area contributed by atoms with E-state index >= 15 is 0 Å². The molecule has 0 fully saturated rings. The first-order valence-electron chi connectivity index (χ1n) is 8.78. The van der Waals surface area contributed by atoms with Crippen molar-refractivity contribution in [3.63, 3.8) is 0 Å². The lowest BCUT2D eigenvalue weighted by molar-refractivity contribution is 0.0947. The van der Waals surface area contributed by atoms with Crippen molar-refractivity contribution in [3.8, 4) is 0 Å². The number of carbonyl (C=O) groups excluding carboxylic acids is 1. The highest BCUT2D eigenvalue weighted by atomic mass is 16.2. The van der Waals surface area contributed by atoms with Crippen LogP contribution < -0.4 is 10.9 Å². The molecule has 0 aliphatic carbocycles. The van der Waals surface area contributed by atoms with E-state index in [1.165, 1.54) is 10.1 Å². The molecule has 0 saturated carbocycles. The van der Waals surface area contributed by atoms with Crippen LogP contribution in [0.25, 0.3) is 16.6 Å². The molecule has 2 heterocycles. The van der Waals surface area contributed by atoms with Crippen LogP contribution in [-0.2, 0) is 6.54 Å². The molecule has 0 aliphatic heterocycles. The lowest BCUT2D eigenvalue weighted by Gasteiger charge is -2.07. The molecule has 0 spiro atoms. The minimum Gasteiger partial charge on any atom is -0.346 e. The maximum Gasteiger partial charge on any atom is 0.277 e. The number of amides is 1. The Bertz CT molecular complexity index is 1190. The normalized spacial score (nSPS) is 11.4. The van der Waals surface area contributed by atoms with Gasteiger partial charge in [-0.1, -0.05) is 55.5 Å². The molecule has 2 N–H and O–H groups in total. The molecule has 0 atom stereocenters. The SMILES string of the molecule is CC(C)c1ccc(CNC(=O)c2nnn3c2c(=O)[nH]c2ccccc23)cc1. The van der Waals surface area contributed by atoms with Gasteiger partial charge in [-0.25, -0.2) is 4.52 Å². The molecule has 7 heteroatoms. The Morgan fingerprint density at radius 1 is 1.15 bits per heavy atom. The van der Waals surface area contributed by atoms with Gasteiger partial charge in [0.05, 0.1) is 11.0 Å². The van der Waals surface area contributed by atoms with Crippen LogP contribution in [0.3, 0.4) is 0 Å². The summed E-state index contributed by atoms with van der Waals surface area (Å²) < 4.78 is 1.40. The lowest BCUT2D eigenvalue weighted by Crippen LogP contribution is -2.25. The van der Waals surface area contributed by atoms with E-state index in [0.717, 1.165) is 5.56 Å². The fourth-order valence-corrected chi connectivity index (χ4v) is 3.04. The van der Waals surface area contributed by atoms with Crippen LogP contribution in [0.5, 0.6) is 0 Å². The van der Waals surface area contributed by atoms with Crippen LogP contribution >= 0.6 is 0 Å². The Hall–Kier alpha value is -3.48. The minimum absolute atomic E-state index is 0.0146. The molecule has 7 nitrogen and oxygen atoms in total. The zero-order valence-electron chi connectivity index (χ0n) is 15.1.